The molecule has 0 unspecified atom stereocenters. The van der Waals surface area contributed by atoms with Crippen molar-refractivity contribution >= 4 is 11.4 Å². The summed E-state index contributed by atoms with van der Waals surface area (Å²) >= 11 is 0. The van der Waals surface area contributed by atoms with Crippen molar-refractivity contribution in [2.24, 2.45) is 0 Å². The zero-order valence-electron chi connectivity index (χ0n) is 4.68. The Morgan fingerprint density at radius 1 is 1.33 bits per heavy atom. The van der Waals surface area contributed by atoms with E-state index >= 15 is 0 Å². The maximum atomic E-state index is 8.79. The normalized spacial score (nSPS) is 18.0. The molecule has 0 aromatic rings. The summed E-state index contributed by atoms with van der Waals surface area (Å²) in [4.78, 5) is 0. The molecular weight excluding hydrogens is 116 g/mol. The first-order chi connectivity index (χ1) is 4.22. The van der Waals surface area contributed by atoms with Crippen molar-refractivity contribution < 1.29 is 5.11 Å². The molecule has 0 aromatic heterocycles. The van der Waals surface area contributed by atoms with E-state index in [0.29, 0.717) is 0 Å². The van der Waals surface area contributed by atoms with E-state index in [4.69, 9.17) is 15.9 Å². The number of rotatable bonds is 0. The zero-order valence-corrected chi connectivity index (χ0v) is 4.68. The molecule has 0 saturated carbocycles. The Bertz CT molecular complexity index is 225. The summed E-state index contributed by atoms with van der Waals surface area (Å²) in [6, 6.07) is 0. The van der Waals surface area contributed by atoms with Crippen molar-refractivity contribution in [3.05, 3.63) is 24.0 Å². The summed E-state index contributed by atoms with van der Waals surface area (Å²) in [6.07, 6.45) is 4.39. The molecule has 1 rings (SSSR count). The Labute approximate surface area is 52.3 Å². The molecule has 46 valence electrons. The van der Waals surface area contributed by atoms with Crippen molar-refractivity contribution in [2.75, 3.05) is 0 Å². The monoisotopic (exact) mass is 122 g/mol. The van der Waals surface area contributed by atoms with Gasteiger partial charge in [-0.05, 0) is 12.2 Å². The fourth-order valence-corrected chi connectivity index (χ4v) is 0.540. The summed E-state index contributed by atoms with van der Waals surface area (Å²) in [5.74, 6) is -0.137. The number of allylic oxidation sites excluding steroid dienone is 4. The molecule has 0 radical (unpaired) electrons. The van der Waals surface area contributed by atoms with Crippen molar-refractivity contribution in [1.82, 2.24) is 0 Å². The van der Waals surface area contributed by atoms with E-state index < -0.39 is 0 Å². The van der Waals surface area contributed by atoms with Crippen molar-refractivity contribution in [3.8, 4) is 0 Å². The molecule has 3 heteroatoms. The van der Waals surface area contributed by atoms with Gasteiger partial charge in [0.2, 0.25) is 0 Å². The molecule has 0 fully saturated rings. The van der Waals surface area contributed by atoms with E-state index in [1.54, 1.807) is 0 Å². The van der Waals surface area contributed by atoms with E-state index in [9.17, 15) is 0 Å². The van der Waals surface area contributed by atoms with E-state index in [0.717, 1.165) is 0 Å². The lowest BCUT2D eigenvalue weighted by atomic mass is 10.1. The lowest BCUT2D eigenvalue weighted by Gasteiger charge is -2.02. The summed E-state index contributed by atoms with van der Waals surface area (Å²) in [5, 5.41) is 22.8. The molecule has 9 heavy (non-hydrogen) atoms. The van der Waals surface area contributed by atoms with Crippen LogP contribution < -0.4 is 0 Å². The van der Waals surface area contributed by atoms with Crippen molar-refractivity contribution in [3.63, 3.8) is 0 Å². The van der Waals surface area contributed by atoms with Crippen LogP contribution >= 0.6 is 0 Å². The zero-order chi connectivity index (χ0) is 6.85. The smallest absolute Gasteiger partial charge is 0.142 e. The molecule has 0 heterocycles. The lowest BCUT2D eigenvalue weighted by molar-refractivity contribution is 0.444. The average Bonchev–Trinajstić information content (AvgIpc) is 1.83. The van der Waals surface area contributed by atoms with Crippen LogP contribution in [0, 0.1) is 10.8 Å². The van der Waals surface area contributed by atoms with Gasteiger partial charge in [0.1, 0.15) is 11.5 Å². The summed E-state index contributed by atoms with van der Waals surface area (Å²) in [7, 11) is 0. The topological polar surface area (TPSA) is 67.9 Å². The van der Waals surface area contributed by atoms with Crippen LogP contribution in [0.5, 0.6) is 0 Å². The molecule has 1 aliphatic carbocycles. The first kappa shape index (κ1) is 5.75. The Balaban J connectivity index is 3.00. The Morgan fingerprint density at radius 3 is 2.44 bits per heavy atom. The molecule has 0 atom stereocenters. The standard InChI is InChI=1S/C6H6N2O/c7-4-2-1-3-5(9)6(4)8/h1-3,7-9H. The summed E-state index contributed by atoms with van der Waals surface area (Å²) in [6.45, 7) is 0. The van der Waals surface area contributed by atoms with Crippen LogP contribution in [-0.4, -0.2) is 16.5 Å². The van der Waals surface area contributed by atoms with Crippen LogP contribution in [0.4, 0.5) is 0 Å². The number of aliphatic hydroxyl groups is 1. The minimum Gasteiger partial charge on any atom is -0.506 e. The second kappa shape index (κ2) is 1.85. The van der Waals surface area contributed by atoms with Crippen molar-refractivity contribution in [1.29, 1.82) is 10.8 Å². The highest BCUT2D eigenvalue weighted by Gasteiger charge is 2.08. The molecular formula is C6H6N2O. The molecule has 0 spiro atoms. The van der Waals surface area contributed by atoms with Gasteiger partial charge in [-0.2, -0.15) is 0 Å². The van der Waals surface area contributed by atoms with Crippen LogP contribution in [0.25, 0.3) is 0 Å². The molecule has 0 saturated heterocycles. The molecule has 3 nitrogen and oxygen atoms in total. The molecule has 1 aliphatic rings. The predicted octanol–water partition coefficient (Wildman–Crippen LogP) is 1.04. The second-order valence-corrected chi connectivity index (χ2v) is 1.70. The minimum absolute atomic E-state index is 0.0509. The van der Waals surface area contributed by atoms with E-state index in [1.807, 2.05) is 0 Å². The van der Waals surface area contributed by atoms with Crippen molar-refractivity contribution in [2.45, 2.75) is 0 Å². The molecule has 0 bridgehead atoms. The van der Waals surface area contributed by atoms with Crippen LogP contribution in [-0.2, 0) is 0 Å². The summed E-state index contributed by atoms with van der Waals surface area (Å²) in [5.41, 5.74) is -0.0625. The van der Waals surface area contributed by atoms with Crippen LogP contribution in [0.2, 0.25) is 0 Å². The Hall–Kier alpha value is -1.38. The minimum atomic E-state index is -0.137. The molecule has 0 amide bonds. The van der Waals surface area contributed by atoms with Gasteiger partial charge in [-0.3, -0.25) is 10.8 Å². The Morgan fingerprint density at radius 2 is 2.00 bits per heavy atom. The van der Waals surface area contributed by atoms with E-state index in [1.165, 1.54) is 18.2 Å². The van der Waals surface area contributed by atoms with Crippen LogP contribution in [0.1, 0.15) is 0 Å². The van der Waals surface area contributed by atoms with Gasteiger partial charge in [0.15, 0.2) is 0 Å². The highest BCUT2D eigenvalue weighted by atomic mass is 16.3. The lowest BCUT2D eigenvalue weighted by Crippen LogP contribution is -2.13. The van der Waals surface area contributed by atoms with Gasteiger partial charge in [-0.1, -0.05) is 6.08 Å². The van der Waals surface area contributed by atoms with Gasteiger partial charge in [-0.15, -0.1) is 0 Å². The van der Waals surface area contributed by atoms with E-state index in [2.05, 4.69) is 0 Å². The predicted molar refractivity (Wildman–Crippen MR) is 35.3 cm³/mol. The molecule has 3 N–H and O–H groups in total. The number of aliphatic hydroxyl groups excluding tert-OH is 1. The maximum absolute atomic E-state index is 8.79. The third-order valence-electron chi connectivity index (χ3n) is 1.04. The van der Waals surface area contributed by atoms with Gasteiger partial charge in [0.05, 0.1) is 5.71 Å². The molecule has 0 aliphatic heterocycles. The van der Waals surface area contributed by atoms with Gasteiger partial charge in [0.25, 0.3) is 0 Å². The first-order valence-corrected chi connectivity index (χ1v) is 2.47. The fraction of sp³-hybridized carbons (Fsp3) is 0. The largest absolute Gasteiger partial charge is 0.506 e. The maximum Gasteiger partial charge on any atom is 0.142 e. The fourth-order valence-electron chi connectivity index (χ4n) is 0.540. The van der Waals surface area contributed by atoms with Gasteiger partial charge in [0, 0.05) is 0 Å². The average molecular weight is 122 g/mol. The highest BCUT2D eigenvalue weighted by Crippen LogP contribution is 2.00. The third kappa shape index (κ3) is 0.887. The first-order valence-electron chi connectivity index (χ1n) is 2.47. The van der Waals surface area contributed by atoms with Crippen LogP contribution in [0.3, 0.4) is 0 Å². The molecule has 0 aromatic carbocycles. The van der Waals surface area contributed by atoms with Gasteiger partial charge in [-0.25, -0.2) is 0 Å². The SMILES string of the molecule is N=C1C=CC=C(O)C1=N. The number of nitrogens with one attached hydrogen (secondary N) is 2. The van der Waals surface area contributed by atoms with E-state index in [-0.39, 0.29) is 17.2 Å². The second-order valence-electron chi connectivity index (χ2n) is 1.70. The Kier molecular flexibility index (Phi) is 1.18. The number of hydrogen-bond acceptors (Lipinski definition) is 3. The summed E-state index contributed by atoms with van der Waals surface area (Å²) < 4.78 is 0. The van der Waals surface area contributed by atoms with Gasteiger partial charge < -0.3 is 5.11 Å². The number of hydrogen-bond donors (Lipinski definition) is 3. The highest BCUT2D eigenvalue weighted by molar-refractivity contribution is 6.49. The van der Waals surface area contributed by atoms with Crippen LogP contribution in [0.15, 0.2) is 24.0 Å². The third-order valence-corrected chi connectivity index (χ3v) is 1.04. The quantitative estimate of drug-likeness (QED) is 0.413. The van der Waals surface area contributed by atoms with Gasteiger partial charge >= 0.3 is 0 Å².